The first-order valence-electron chi connectivity index (χ1n) is 9.23. The van der Waals surface area contributed by atoms with Crippen LogP contribution in [0.4, 0.5) is 0 Å². The molecule has 0 aliphatic carbocycles. The maximum absolute atomic E-state index is 13.0. The smallest absolute Gasteiger partial charge is 0.264 e. The molecule has 2 aromatic heterocycles. The molecule has 2 saturated heterocycles. The number of aromatic nitrogens is 3. The SMILES string of the molecule is Cc1nc([C@@H]2C[C@H](NC(=O)C3CCOCC3)CN2C(=O)c2cccs2)n[nH]1. The van der Waals surface area contributed by atoms with Gasteiger partial charge in [-0.25, -0.2) is 4.98 Å². The number of carbonyl (C=O) groups excluding carboxylic acids is 2. The van der Waals surface area contributed by atoms with Crippen LogP contribution in [-0.2, 0) is 9.53 Å². The number of aromatic amines is 1. The van der Waals surface area contributed by atoms with E-state index in [-0.39, 0.29) is 29.8 Å². The van der Waals surface area contributed by atoms with Crippen LogP contribution < -0.4 is 5.32 Å². The van der Waals surface area contributed by atoms with Gasteiger partial charge in [-0.3, -0.25) is 14.7 Å². The van der Waals surface area contributed by atoms with Gasteiger partial charge in [0, 0.05) is 31.7 Å². The summed E-state index contributed by atoms with van der Waals surface area (Å²) < 4.78 is 5.34. The fourth-order valence-corrected chi connectivity index (χ4v) is 4.42. The van der Waals surface area contributed by atoms with Crippen LogP contribution in [0.2, 0.25) is 0 Å². The zero-order valence-electron chi connectivity index (χ0n) is 15.2. The van der Waals surface area contributed by atoms with Gasteiger partial charge < -0.3 is 15.0 Å². The average Bonchev–Trinajstić information content (AvgIpc) is 3.42. The molecule has 0 saturated carbocycles. The van der Waals surface area contributed by atoms with Crippen molar-refractivity contribution in [2.24, 2.45) is 5.92 Å². The van der Waals surface area contributed by atoms with Crippen molar-refractivity contribution in [3.05, 3.63) is 34.0 Å². The summed E-state index contributed by atoms with van der Waals surface area (Å²) in [5.74, 6) is 1.31. The molecule has 0 spiro atoms. The van der Waals surface area contributed by atoms with E-state index in [2.05, 4.69) is 20.5 Å². The zero-order valence-corrected chi connectivity index (χ0v) is 16.0. The van der Waals surface area contributed by atoms with Gasteiger partial charge in [0.15, 0.2) is 5.82 Å². The number of hydrogen-bond donors (Lipinski definition) is 2. The van der Waals surface area contributed by atoms with Gasteiger partial charge in [0.25, 0.3) is 5.91 Å². The van der Waals surface area contributed by atoms with E-state index in [0.29, 0.717) is 42.7 Å². The molecular formula is C18H23N5O3S. The minimum absolute atomic E-state index is 0.00926. The number of rotatable bonds is 4. The molecule has 9 heteroatoms. The third-order valence-electron chi connectivity index (χ3n) is 5.14. The summed E-state index contributed by atoms with van der Waals surface area (Å²) in [5.41, 5.74) is 0. The molecule has 2 aliphatic rings. The fraction of sp³-hybridized carbons (Fsp3) is 0.556. The third kappa shape index (κ3) is 3.89. The Hall–Kier alpha value is -2.26. The van der Waals surface area contributed by atoms with Crippen molar-refractivity contribution < 1.29 is 14.3 Å². The van der Waals surface area contributed by atoms with Gasteiger partial charge in [0.2, 0.25) is 5.91 Å². The molecule has 144 valence electrons. The lowest BCUT2D eigenvalue weighted by Crippen LogP contribution is -2.42. The molecule has 2 amide bonds. The highest BCUT2D eigenvalue weighted by molar-refractivity contribution is 7.12. The molecule has 0 aromatic carbocycles. The van der Waals surface area contributed by atoms with Gasteiger partial charge in [0.1, 0.15) is 5.82 Å². The molecule has 0 unspecified atom stereocenters. The van der Waals surface area contributed by atoms with Gasteiger partial charge in [-0.15, -0.1) is 11.3 Å². The van der Waals surface area contributed by atoms with Crippen LogP contribution in [0, 0.1) is 12.8 Å². The van der Waals surface area contributed by atoms with E-state index in [1.165, 1.54) is 11.3 Å². The van der Waals surface area contributed by atoms with E-state index < -0.39 is 0 Å². The molecule has 4 heterocycles. The van der Waals surface area contributed by atoms with Crippen LogP contribution in [-0.4, -0.2) is 57.7 Å². The lowest BCUT2D eigenvalue weighted by molar-refractivity contribution is -0.128. The lowest BCUT2D eigenvalue weighted by Gasteiger charge is -2.23. The third-order valence-corrected chi connectivity index (χ3v) is 6.00. The lowest BCUT2D eigenvalue weighted by atomic mass is 9.99. The molecule has 2 N–H and O–H groups in total. The largest absolute Gasteiger partial charge is 0.381 e. The number of H-pyrrole nitrogens is 1. The zero-order chi connectivity index (χ0) is 18.8. The number of nitrogens with one attached hydrogen (secondary N) is 2. The van der Waals surface area contributed by atoms with Gasteiger partial charge >= 0.3 is 0 Å². The number of likely N-dealkylation sites (tertiary alicyclic amines) is 1. The van der Waals surface area contributed by atoms with Crippen molar-refractivity contribution in [2.75, 3.05) is 19.8 Å². The van der Waals surface area contributed by atoms with Crippen molar-refractivity contribution >= 4 is 23.2 Å². The van der Waals surface area contributed by atoms with Gasteiger partial charge in [-0.1, -0.05) is 6.07 Å². The highest BCUT2D eigenvalue weighted by Crippen LogP contribution is 2.32. The van der Waals surface area contributed by atoms with Gasteiger partial charge in [-0.2, -0.15) is 5.10 Å². The van der Waals surface area contributed by atoms with E-state index in [4.69, 9.17) is 4.74 Å². The molecule has 0 radical (unpaired) electrons. The summed E-state index contributed by atoms with van der Waals surface area (Å²) in [6, 6.07) is 3.34. The minimum Gasteiger partial charge on any atom is -0.381 e. The van der Waals surface area contributed by atoms with Crippen LogP contribution in [0.3, 0.4) is 0 Å². The number of ether oxygens (including phenoxy) is 1. The van der Waals surface area contributed by atoms with Crippen molar-refractivity contribution in [2.45, 2.75) is 38.3 Å². The number of carbonyl (C=O) groups is 2. The number of thiophene rings is 1. The maximum Gasteiger partial charge on any atom is 0.264 e. The quantitative estimate of drug-likeness (QED) is 0.829. The molecule has 2 atom stereocenters. The molecule has 27 heavy (non-hydrogen) atoms. The first kappa shape index (κ1) is 18.1. The normalized spacial score (nSPS) is 23.5. The second-order valence-electron chi connectivity index (χ2n) is 7.06. The van der Waals surface area contributed by atoms with E-state index in [0.717, 1.165) is 12.8 Å². The molecular weight excluding hydrogens is 366 g/mol. The maximum atomic E-state index is 13.0. The summed E-state index contributed by atoms with van der Waals surface area (Å²) in [5, 5.41) is 12.1. The van der Waals surface area contributed by atoms with Crippen molar-refractivity contribution in [1.29, 1.82) is 0 Å². The van der Waals surface area contributed by atoms with E-state index in [9.17, 15) is 9.59 Å². The van der Waals surface area contributed by atoms with Gasteiger partial charge in [-0.05, 0) is 37.6 Å². The molecule has 2 aliphatic heterocycles. The first-order valence-corrected chi connectivity index (χ1v) is 10.1. The Kier molecular flexibility index (Phi) is 5.22. The Labute approximate surface area is 161 Å². The van der Waals surface area contributed by atoms with Crippen molar-refractivity contribution in [3.63, 3.8) is 0 Å². The van der Waals surface area contributed by atoms with Crippen LogP contribution in [0.15, 0.2) is 17.5 Å². The second-order valence-corrected chi connectivity index (χ2v) is 8.01. The Bertz CT molecular complexity index is 800. The molecule has 8 nitrogen and oxygen atoms in total. The van der Waals surface area contributed by atoms with Crippen LogP contribution in [0.25, 0.3) is 0 Å². The predicted molar refractivity (Wildman–Crippen MR) is 99.3 cm³/mol. The Morgan fingerprint density at radius 3 is 2.85 bits per heavy atom. The predicted octanol–water partition coefficient (Wildman–Crippen LogP) is 1.67. The van der Waals surface area contributed by atoms with Gasteiger partial charge in [0.05, 0.1) is 10.9 Å². The monoisotopic (exact) mass is 389 g/mol. The first-order chi connectivity index (χ1) is 13.1. The van der Waals surface area contributed by atoms with Crippen LogP contribution in [0.5, 0.6) is 0 Å². The molecule has 0 bridgehead atoms. The van der Waals surface area contributed by atoms with Crippen LogP contribution >= 0.6 is 11.3 Å². The molecule has 4 rings (SSSR count). The standard InChI is InChI=1S/C18H23N5O3S/c1-11-19-16(22-21-11)14-9-13(20-17(24)12-4-6-26-7-5-12)10-23(14)18(25)15-3-2-8-27-15/h2-3,8,12-14H,4-7,9-10H2,1H3,(H,20,24)(H,19,21,22)/t13-,14-/m0/s1. The second kappa shape index (κ2) is 7.77. The summed E-state index contributed by atoms with van der Waals surface area (Å²) >= 11 is 1.42. The van der Waals surface area contributed by atoms with Crippen LogP contribution in [0.1, 0.15) is 46.6 Å². The number of hydrogen-bond acceptors (Lipinski definition) is 6. The fourth-order valence-electron chi connectivity index (χ4n) is 3.74. The summed E-state index contributed by atoms with van der Waals surface area (Å²) in [6.07, 6.45) is 2.11. The highest BCUT2D eigenvalue weighted by atomic mass is 32.1. The summed E-state index contributed by atoms with van der Waals surface area (Å²) in [6.45, 7) is 3.56. The highest BCUT2D eigenvalue weighted by Gasteiger charge is 2.40. The minimum atomic E-state index is -0.246. The van der Waals surface area contributed by atoms with Crippen molar-refractivity contribution in [3.8, 4) is 0 Å². The molecule has 2 aromatic rings. The van der Waals surface area contributed by atoms with E-state index in [1.54, 1.807) is 4.90 Å². The molecule has 2 fully saturated rings. The Morgan fingerprint density at radius 1 is 1.37 bits per heavy atom. The number of nitrogens with zero attached hydrogens (tertiary/aromatic N) is 3. The number of amides is 2. The summed E-state index contributed by atoms with van der Waals surface area (Å²) in [4.78, 5) is 32.5. The average molecular weight is 389 g/mol. The number of aryl methyl sites for hydroxylation is 1. The van der Waals surface area contributed by atoms with E-state index in [1.807, 2.05) is 24.4 Å². The topological polar surface area (TPSA) is 100 Å². The van der Waals surface area contributed by atoms with E-state index >= 15 is 0 Å². The van der Waals surface area contributed by atoms with Crippen molar-refractivity contribution in [1.82, 2.24) is 25.4 Å². The summed E-state index contributed by atoms with van der Waals surface area (Å²) in [7, 11) is 0. The Morgan fingerprint density at radius 2 is 2.19 bits per heavy atom. The Balaban J connectivity index is 1.50.